The minimum Gasteiger partial charge on any atom is -0.382 e. The Balaban J connectivity index is 2.34. The first-order valence-electron chi connectivity index (χ1n) is 4.31. The third-order valence-corrected chi connectivity index (χ3v) is 2.04. The Morgan fingerprint density at radius 3 is 3.15 bits per heavy atom. The van der Waals surface area contributed by atoms with Gasteiger partial charge in [0, 0.05) is 10.9 Å². The van der Waals surface area contributed by atoms with Crippen molar-refractivity contribution in [3.8, 4) is 0 Å². The first-order valence-corrected chi connectivity index (χ1v) is 4.31. The molecule has 1 aliphatic heterocycles. The standard InChI is InChI=1S/C7H12BN3O2/c1-2-5-6(3-7(8)13-5)12-4-10-11-9/h5-7H,2-4H2,1H3. The van der Waals surface area contributed by atoms with E-state index in [4.69, 9.17) is 22.9 Å². The third-order valence-electron chi connectivity index (χ3n) is 2.04. The van der Waals surface area contributed by atoms with Crippen molar-refractivity contribution >= 4 is 7.85 Å². The highest BCUT2D eigenvalue weighted by molar-refractivity contribution is 6.11. The predicted molar refractivity (Wildman–Crippen MR) is 48.2 cm³/mol. The van der Waals surface area contributed by atoms with Gasteiger partial charge in [-0.1, -0.05) is 12.0 Å². The zero-order valence-corrected chi connectivity index (χ0v) is 7.59. The summed E-state index contributed by atoms with van der Waals surface area (Å²) in [6.45, 7) is 2.06. The molecule has 0 bridgehead atoms. The zero-order chi connectivity index (χ0) is 9.68. The Hall–Kier alpha value is -0.705. The molecule has 5 nitrogen and oxygen atoms in total. The molecule has 6 heteroatoms. The molecule has 0 aliphatic carbocycles. The van der Waals surface area contributed by atoms with Gasteiger partial charge in [-0.2, -0.15) is 0 Å². The van der Waals surface area contributed by atoms with Crippen LogP contribution in [0.4, 0.5) is 0 Å². The molecule has 0 N–H and O–H groups in total. The van der Waals surface area contributed by atoms with E-state index in [0.717, 1.165) is 6.42 Å². The second-order valence-corrected chi connectivity index (χ2v) is 2.92. The molecule has 0 aromatic heterocycles. The van der Waals surface area contributed by atoms with E-state index in [9.17, 15) is 0 Å². The average Bonchev–Trinajstić information content (AvgIpc) is 2.47. The van der Waals surface area contributed by atoms with Gasteiger partial charge in [0.25, 0.3) is 0 Å². The minimum absolute atomic E-state index is 0.0314. The van der Waals surface area contributed by atoms with E-state index in [-0.39, 0.29) is 24.9 Å². The zero-order valence-electron chi connectivity index (χ0n) is 7.59. The van der Waals surface area contributed by atoms with E-state index in [2.05, 4.69) is 10.0 Å². The van der Waals surface area contributed by atoms with E-state index in [0.29, 0.717) is 6.42 Å². The van der Waals surface area contributed by atoms with Gasteiger partial charge >= 0.3 is 0 Å². The normalized spacial score (nSPS) is 32.8. The highest BCUT2D eigenvalue weighted by Gasteiger charge is 2.31. The van der Waals surface area contributed by atoms with Crippen LogP contribution in [0.5, 0.6) is 0 Å². The molecular weight excluding hydrogens is 169 g/mol. The van der Waals surface area contributed by atoms with Crippen LogP contribution in [0.25, 0.3) is 10.4 Å². The maximum atomic E-state index is 8.04. The van der Waals surface area contributed by atoms with Gasteiger partial charge in [-0.05, 0) is 18.4 Å². The molecule has 1 fully saturated rings. The molecule has 0 spiro atoms. The SMILES string of the molecule is [B]C1CC(OCN=[N+]=[N-])C(CC)O1. The highest BCUT2D eigenvalue weighted by Crippen LogP contribution is 2.23. The summed E-state index contributed by atoms with van der Waals surface area (Å²) in [4.78, 5) is 2.59. The lowest BCUT2D eigenvalue weighted by molar-refractivity contribution is -0.0117. The quantitative estimate of drug-likeness (QED) is 0.284. The fraction of sp³-hybridized carbons (Fsp3) is 1.00. The van der Waals surface area contributed by atoms with Crippen molar-refractivity contribution in [3.05, 3.63) is 10.4 Å². The van der Waals surface area contributed by atoms with Crippen LogP contribution in [-0.4, -0.2) is 32.8 Å². The molecular formula is C7H12BN3O2. The van der Waals surface area contributed by atoms with Crippen molar-refractivity contribution in [2.45, 2.75) is 38.0 Å². The summed E-state index contributed by atoms with van der Waals surface area (Å²) in [5.74, 6) is 0. The lowest BCUT2D eigenvalue weighted by Crippen LogP contribution is -2.23. The summed E-state index contributed by atoms with van der Waals surface area (Å²) in [5.41, 5.74) is 8.04. The van der Waals surface area contributed by atoms with Crippen molar-refractivity contribution in [2.75, 3.05) is 6.73 Å². The van der Waals surface area contributed by atoms with Gasteiger partial charge < -0.3 is 9.47 Å². The van der Waals surface area contributed by atoms with Gasteiger partial charge in [-0.15, -0.1) is 0 Å². The molecule has 70 valence electrons. The molecule has 1 aliphatic rings. The van der Waals surface area contributed by atoms with Crippen LogP contribution in [0.2, 0.25) is 0 Å². The number of azide groups is 1. The van der Waals surface area contributed by atoms with Gasteiger partial charge in [-0.3, -0.25) is 0 Å². The Labute approximate surface area is 78.4 Å². The smallest absolute Gasteiger partial charge is 0.126 e. The molecule has 3 unspecified atom stereocenters. The number of rotatable bonds is 4. The van der Waals surface area contributed by atoms with Crippen LogP contribution in [0.1, 0.15) is 19.8 Å². The van der Waals surface area contributed by atoms with E-state index in [1.54, 1.807) is 0 Å². The molecule has 3 atom stereocenters. The van der Waals surface area contributed by atoms with Crippen LogP contribution in [0.3, 0.4) is 0 Å². The van der Waals surface area contributed by atoms with Crippen molar-refractivity contribution in [2.24, 2.45) is 5.11 Å². The van der Waals surface area contributed by atoms with Gasteiger partial charge in [-0.25, -0.2) is 0 Å². The van der Waals surface area contributed by atoms with Gasteiger partial charge in [0.2, 0.25) is 0 Å². The van der Waals surface area contributed by atoms with Crippen LogP contribution in [-0.2, 0) is 9.47 Å². The van der Waals surface area contributed by atoms with Crippen LogP contribution < -0.4 is 0 Å². The Morgan fingerprint density at radius 2 is 2.54 bits per heavy atom. The van der Waals surface area contributed by atoms with Gasteiger partial charge in [0.15, 0.2) is 0 Å². The first-order chi connectivity index (χ1) is 6.27. The monoisotopic (exact) mass is 181 g/mol. The fourth-order valence-electron chi connectivity index (χ4n) is 1.44. The summed E-state index contributed by atoms with van der Waals surface area (Å²) in [6.07, 6.45) is 1.52. The first kappa shape index (κ1) is 10.4. The van der Waals surface area contributed by atoms with E-state index in [1.165, 1.54) is 0 Å². The molecule has 1 rings (SSSR count). The Morgan fingerprint density at radius 1 is 1.77 bits per heavy atom. The van der Waals surface area contributed by atoms with E-state index < -0.39 is 0 Å². The Bertz CT molecular complexity index is 208. The third kappa shape index (κ3) is 2.92. The molecule has 1 saturated heterocycles. The molecule has 2 radical (unpaired) electrons. The fourth-order valence-corrected chi connectivity index (χ4v) is 1.44. The van der Waals surface area contributed by atoms with Crippen molar-refractivity contribution < 1.29 is 9.47 Å². The summed E-state index contributed by atoms with van der Waals surface area (Å²) >= 11 is 0. The summed E-state index contributed by atoms with van der Waals surface area (Å²) in [5, 5.41) is 3.29. The molecule has 0 saturated carbocycles. The largest absolute Gasteiger partial charge is 0.382 e. The van der Waals surface area contributed by atoms with Crippen molar-refractivity contribution in [1.82, 2.24) is 0 Å². The summed E-state index contributed by atoms with van der Waals surface area (Å²) < 4.78 is 10.7. The predicted octanol–water partition coefficient (Wildman–Crippen LogP) is 1.33. The molecule has 0 amide bonds. The number of nitrogens with zero attached hydrogens (tertiary/aromatic N) is 3. The van der Waals surface area contributed by atoms with Gasteiger partial charge in [0.1, 0.15) is 14.6 Å². The second-order valence-electron chi connectivity index (χ2n) is 2.92. The number of hydrogen-bond acceptors (Lipinski definition) is 3. The lowest BCUT2D eigenvalue weighted by Gasteiger charge is -2.15. The molecule has 13 heavy (non-hydrogen) atoms. The molecule has 0 aromatic carbocycles. The van der Waals surface area contributed by atoms with Crippen LogP contribution in [0.15, 0.2) is 5.11 Å². The lowest BCUT2D eigenvalue weighted by atomic mass is 9.96. The summed E-state index contributed by atoms with van der Waals surface area (Å²) in [7, 11) is 5.59. The average molecular weight is 181 g/mol. The van der Waals surface area contributed by atoms with E-state index in [1.807, 2.05) is 6.92 Å². The van der Waals surface area contributed by atoms with Crippen LogP contribution >= 0.6 is 0 Å². The maximum Gasteiger partial charge on any atom is 0.126 e. The van der Waals surface area contributed by atoms with Crippen molar-refractivity contribution in [1.29, 1.82) is 0 Å². The van der Waals surface area contributed by atoms with Crippen molar-refractivity contribution in [3.63, 3.8) is 0 Å². The highest BCUT2D eigenvalue weighted by atomic mass is 16.6. The molecule has 0 aromatic rings. The van der Waals surface area contributed by atoms with E-state index >= 15 is 0 Å². The second kappa shape index (κ2) is 5.12. The van der Waals surface area contributed by atoms with Gasteiger partial charge in [0.05, 0.1) is 12.2 Å². The number of hydrogen-bond donors (Lipinski definition) is 0. The Kier molecular flexibility index (Phi) is 4.08. The minimum atomic E-state index is -0.249. The number of ether oxygens (including phenoxy) is 2. The maximum absolute atomic E-state index is 8.04. The van der Waals surface area contributed by atoms with Crippen LogP contribution in [0, 0.1) is 0 Å². The topological polar surface area (TPSA) is 67.2 Å². The molecule has 1 heterocycles. The summed E-state index contributed by atoms with van der Waals surface area (Å²) in [6, 6.07) is -0.249.